The van der Waals surface area contributed by atoms with Crippen molar-refractivity contribution in [2.45, 2.75) is 32.2 Å². The van der Waals surface area contributed by atoms with E-state index in [2.05, 4.69) is 4.99 Å². The molecule has 2 rings (SSSR count). The average Bonchev–Trinajstić information content (AvgIpc) is 2.35. The second kappa shape index (κ2) is 6.50. The summed E-state index contributed by atoms with van der Waals surface area (Å²) < 4.78 is 10.8. The Labute approximate surface area is 122 Å². The highest BCUT2D eigenvalue weighted by molar-refractivity contribution is 8.13. The molecule has 2 N–H and O–H groups in total. The summed E-state index contributed by atoms with van der Waals surface area (Å²) in [7, 11) is 0. The fourth-order valence-electron chi connectivity index (χ4n) is 1.81. The van der Waals surface area contributed by atoms with Crippen LogP contribution >= 0.6 is 23.4 Å². The molecule has 0 fully saturated rings. The molecule has 0 amide bonds. The third-order valence-electron chi connectivity index (χ3n) is 2.51. The molecule has 0 saturated heterocycles. The van der Waals surface area contributed by atoms with Crippen molar-refractivity contribution in [1.29, 1.82) is 0 Å². The SMILES string of the molecule is CC(C)N=C(N)SCc1cc(Cl)cc2c1OCOC2. The zero-order valence-electron chi connectivity index (χ0n) is 11.0. The third kappa shape index (κ3) is 4.03. The molecule has 4 nitrogen and oxygen atoms in total. The molecule has 1 heterocycles. The van der Waals surface area contributed by atoms with E-state index in [4.69, 9.17) is 26.8 Å². The molecule has 104 valence electrons. The van der Waals surface area contributed by atoms with Gasteiger partial charge in [-0.05, 0) is 26.0 Å². The van der Waals surface area contributed by atoms with E-state index in [1.807, 2.05) is 26.0 Å². The lowest BCUT2D eigenvalue weighted by Crippen LogP contribution is -2.14. The Morgan fingerprint density at radius 3 is 3.05 bits per heavy atom. The molecule has 0 radical (unpaired) electrons. The van der Waals surface area contributed by atoms with Crippen LogP contribution in [0, 0.1) is 0 Å². The molecule has 0 saturated carbocycles. The number of hydrogen-bond acceptors (Lipinski definition) is 4. The predicted octanol–water partition coefficient (Wildman–Crippen LogP) is 3.16. The molecule has 6 heteroatoms. The molecule has 19 heavy (non-hydrogen) atoms. The normalized spacial score (nSPS) is 15.3. The lowest BCUT2D eigenvalue weighted by Gasteiger charge is -2.21. The van der Waals surface area contributed by atoms with Gasteiger partial charge in [-0.25, -0.2) is 0 Å². The predicted molar refractivity (Wildman–Crippen MR) is 79.8 cm³/mol. The maximum Gasteiger partial charge on any atom is 0.189 e. The maximum absolute atomic E-state index is 6.10. The molecule has 1 aromatic rings. The number of halogens is 1. The van der Waals surface area contributed by atoms with E-state index < -0.39 is 0 Å². The molecule has 0 unspecified atom stereocenters. The van der Waals surface area contributed by atoms with Gasteiger partial charge in [-0.15, -0.1) is 0 Å². The molecule has 0 atom stereocenters. The Kier molecular flexibility index (Phi) is 4.96. The van der Waals surface area contributed by atoms with Gasteiger partial charge in [0.2, 0.25) is 0 Å². The Morgan fingerprint density at radius 1 is 1.53 bits per heavy atom. The highest BCUT2D eigenvalue weighted by Gasteiger charge is 2.16. The number of nitrogens with zero attached hydrogens (tertiary/aromatic N) is 1. The number of hydrogen-bond donors (Lipinski definition) is 1. The van der Waals surface area contributed by atoms with Crippen molar-refractivity contribution in [2.75, 3.05) is 6.79 Å². The maximum atomic E-state index is 6.10. The fourth-order valence-corrected chi connectivity index (χ4v) is 2.87. The number of benzene rings is 1. The number of fused-ring (bicyclic) bond motifs is 1. The van der Waals surface area contributed by atoms with Gasteiger partial charge in [0.25, 0.3) is 0 Å². The van der Waals surface area contributed by atoms with Crippen molar-refractivity contribution in [3.8, 4) is 5.75 Å². The molecule has 1 aliphatic rings. The smallest absolute Gasteiger partial charge is 0.189 e. The van der Waals surface area contributed by atoms with Crippen LogP contribution in [0.3, 0.4) is 0 Å². The number of aliphatic imine (C=N–C) groups is 1. The summed E-state index contributed by atoms with van der Waals surface area (Å²) in [6.07, 6.45) is 0. The molecule has 0 aromatic heterocycles. The molecule has 1 aliphatic heterocycles. The van der Waals surface area contributed by atoms with E-state index in [9.17, 15) is 0 Å². The van der Waals surface area contributed by atoms with Gasteiger partial charge in [0, 0.05) is 27.9 Å². The number of nitrogens with two attached hydrogens (primary N) is 1. The lowest BCUT2D eigenvalue weighted by molar-refractivity contribution is -0.0168. The number of thioether (sulfide) groups is 1. The van der Waals surface area contributed by atoms with E-state index in [0.29, 0.717) is 22.6 Å². The van der Waals surface area contributed by atoms with Crippen LogP contribution in [-0.2, 0) is 17.1 Å². The highest BCUT2D eigenvalue weighted by Crippen LogP contribution is 2.33. The standard InChI is InChI=1S/C13H17ClN2O2S/c1-8(2)16-13(15)19-6-10-4-11(14)3-9-5-17-7-18-12(9)10/h3-4,8H,5-7H2,1-2H3,(H2,15,16). The Hall–Kier alpha value is -0.910. The first-order valence-corrected chi connectivity index (χ1v) is 7.40. The number of ether oxygens (including phenoxy) is 2. The zero-order valence-corrected chi connectivity index (χ0v) is 12.6. The van der Waals surface area contributed by atoms with Crippen molar-refractivity contribution in [3.63, 3.8) is 0 Å². The van der Waals surface area contributed by atoms with E-state index in [-0.39, 0.29) is 12.8 Å². The summed E-state index contributed by atoms with van der Waals surface area (Å²) in [5.41, 5.74) is 7.86. The second-order valence-corrected chi connectivity index (χ2v) is 5.95. The van der Waals surface area contributed by atoms with E-state index >= 15 is 0 Å². The summed E-state index contributed by atoms with van der Waals surface area (Å²) in [5, 5.41) is 1.26. The van der Waals surface area contributed by atoms with Crippen LogP contribution in [0.4, 0.5) is 0 Å². The minimum Gasteiger partial charge on any atom is -0.467 e. The Balaban J connectivity index is 2.14. The Bertz CT molecular complexity index is 492. The van der Waals surface area contributed by atoms with Gasteiger partial charge < -0.3 is 15.2 Å². The molecule has 0 aliphatic carbocycles. The van der Waals surface area contributed by atoms with Crippen LogP contribution in [0.25, 0.3) is 0 Å². The Morgan fingerprint density at radius 2 is 2.32 bits per heavy atom. The number of rotatable bonds is 3. The van der Waals surface area contributed by atoms with Crippen molar-refractivity contribution in [2.24, 2.45) is 10.7 Å². The fraction of sp³-hybridized carbons (Fsp3) is 0.462. The zero-order chi connectivity index (χ0) is 13.8. The van der Waals surface area contributed by atoms with Crippen molar-refractivity contribution in [1.82, 2.24) is 0 Å². The van der Waals surface area contributed by atoms with Crippen LogP contribution in [0.15, 0.2) is 17.1 Å². The van der Waals surface area contributed by atoms with Gasteiger partial charge in [0.15, 0.2) is 12.0 Å². The molecule has 1 aromatic carbocycles. The largest absolute Gasteiger partial charge is 0.467 e. The summed E-state index contributed by atoms with van der Waals surface area (Å²) in [6, 6.07) is 3.97. The molecule has 0 spiro atoms. The van der Waals surface area contributed by atoms with E-state index in [1.165, 1.54) is 11.8 Å². The minimum atomic E-state index is 0.199. The molecular formula is C13H17ClN2O2S. The van der Waals surface area contributed by atoms with Gasteiger partial charge >= 0.3 is 0 Å². The van der Waals surface area contributed by atoms with Crippen LogP contribution in [-0.4, -0.2) is 18.0 Å². The van der Waals surface area contributed by atoms with Gasteiger partial charge in [-0.2, -0.15) is 0 Å². The highest BCUT2D eigenvalue weighted by atomic mass is 35.5. The van der Waals surface area contributed by atoms with Crippen LogP contribution < -0.4 is 10.5 Å². The van der Waals surface area contributed by atoms with Crippen molar-refractivity contribution >= 4 is 28.5 Å². The van der Waals surface area contributed by atoms with Gasteiger partial charge in [0.1, 0.15) is 5.75 Å². The summed E-state index contributed by atoms with van der Waals surface area (Å²) >= 11 is 7.59. The van der Waals surface area contributed by atoms with Gasteiger partial charge in [-0.3, -0.25) is 4.99 Å². The third-order valence-corrected chi connectivity index (χ3v) is 3.59. The minimum absolute atomic E-state index is 0.199. The van der Waals surface area contributed by atoms with Gasteiger partial charge in [-0.1, -0.05) is 23.4 Å². The molecule has 0 bridgehead atoms. The first-order chi connectivity index (χ1) is 9.06. The molecular weight excluding hydrogens is 284 g/mol. The van der Waals surface area contributed by atoms with Crippen LogP contribution in [0.2, 0.25) is 5.02 Å². The summed E-state index contributed by atoms with van der Waals surface area (Å²) in [6.45, 7) is 4.80. The summed E-state index contributed by atoms with van der Waals surface area (Å²) in [4.78, 5) is 4.29. The first-order valence-electron chi connectivity index (χ1n) is 6.04. The van der Waals surface area contributed by atoms with Crippen molar-refractivity contribution in [3.05, 3.63) is 28.3 Å². The number of amidine groups is 1. The quantitative estimate of drug-likeness (QED) is 0.688. The van der Waals surface area contributed by atoms with Crippen molar-refractivity contribution < 1.29 is 9.47 Å². The lowest BCUT2D eigenvalue weighted by atomic mass is 10.1. The van der Waals surface area contributed by atoms with E-state index in [0.717, 1.165) is 16.9 Å². The monoisotopic (exact) mass is 300 g/mol. The summed E-state index contributed by atoms with van der Waals surface area (Å²) in [5.74, 6) is 1.55. The van der Waals surface area contributed by atoms with Crippen LogP contribution in [0.1, 0.15) is 25.0 Å². The average molecular weight is 301 g/mol. The van der Waals surface area contributed by atoms with E-state index in [1.54, 1.807) is 0 Å². The second-order valence-electron chi connectivity index (χ2n) is 4.51. The van der Waals surface area contributed by atoms with Gasteiger partial charge in [0.05, 0.1) is 6.61 Å². The first kappa shape index (κ1) is 14.5. The topological polar surface area (TPSA) is 56.8 Å². The van der Waals surface area contributed by atoms with Crippen LogP contribution in [0.5, 0.6) is 5.75 Å².